The summed E-state index contributed by atoms with van der Waals surface area (Å²) in [6.07, 6.45) is 7.59. The molecule has 3 rings (SSSR count). The van der Waals surface area contributed by atoms with Gasteiger partial charge in [0.1, 0.15) is 34.8 Å². The van der Waals surface area contributed by atoms with Crippen LogP contribution >= 0.6 is 0 Å². The van der Waals surface area contributed by atoms with Gasteiger partial charge in [0.15, 0.2) is 0 Å². The Morgan fingerprint density at radius 2 is 1.73 bits per heavy atom. The highest BCUT2D eigenvalue weighted by Gasteiger charge is 2.24. The molecule has 0 atom stereocenters. The maximum absolute atomic E-state index is 14.3. The van der Waals surface area contributed by atoms with Crippen LogP contribution in [0.2, 0.25) is 0 Å². The summed E-state index contributed by atoms with van der Waals surface area (Å²) in [5.74, 6) is -0.730. The molecule has 0 bridgehead atoms. The van der Waals surface area contributed by atoms with Gasteiger partial charge in [-0.05, 0) is 86.1 Å². The third kappa shape index (κ3) is 5.44. The molecular formula is C25H26F3NO. The summed E-state index contributed by atoms with van der Waals surface area (Å²) in [5, 5.41) is 8.80. The maximum atomic E-state index is 14.3. The zero-order valence-corrected chi connectivity index (χ0v) is 17.0. The second kappa shape index (κ2) is 10.3. The highest BCUT2D eigenvalue weighted by Crippen LogP contribution is 2.38. The van der Waals surface area contributed by atoms with E-state index in [1.807, 2.05) is 0 Å². The number of aryl methyl sites for hydroxylation is 1. The van der Waals surface area contributed by atoms with Crippen molar-refractivity contribution in [2.24, 2.45) is 5.92 Å². The van der Waals surface area contributed by atoms with Crippen molar-refractivity contribution in [2.75, 3.05) is 6.61 Å². The quantitative estimate of drug-likeness (QED) is 0.351. The number of hydrogen-bond acceptors (Lipinski definition) is 2. The lowest BCUT2D eigenvalue weighted by atomic mass is 9.76. The first-order chi connectivity index (χ1) is 14.5. The summed E-state index contributed by atoms with van der Waals surface area (Å²) in [7, 11) is 0. The van der Waals surface area contributed by atoms with Crippen LogP contribution in [0.15, 0.2) is 43.0 Å². The Kier molecular flexibility index (Phi) is 7.57. The van der Waals surface area contributed by atoms with Gasteiger partial charge in [-0.2, -0.15) is 5.26 Å². The Morgan fingerprint density at radius 1 is 1.03 bits per heavy atom. The van der Waals surface area contributed by atoms with Crippen molar-refractivity contribution < 1.29 is 17.9 Å². The summed E-state index contributed by atoms with van der Waals surface area (Å²) in [4.78, 5) is 0. The highest BCUT2D eigenvalue weighted by atomic mass is 19.1. The van der Waals surface area contributed by atoms with E-state index in [0.29, 0.717) is 42.2 Å². The Hall–Kier alpha value is -2.74. The highest BCUT2D eigenvalue weighted by molar-refractivity contribution is 5.36. The molecule has 0 aromatic heterocycles. The molecule has 0 amide bonds. The number of nitrogens with zero attached hydrogens (tertiary/aromatic N) is 1. The average Bonchev–Trinajstić information content (AvgIpc) is 2.73. The first kappa shape index (κ1) is 22.0. The Labute approximate surface area is 176 Å². The lowest BCUT2D eigenvalue weighted by Gasteiger charge is -2.29. The standard InChI is InChI=1S/C25H26F3NO/c1-2-3-12-30-21-11-10-19(23(26)15-21)9-6-17-4-7-18(8-5-17)20-13-24(27)22(16-29)25(28)14-20/h2,10-11,13-15,17-18H,1,3-9,12H2. The molecule has 158 valence electrons. The number of halogens is 3. The summed E-state index contributed by atoms with van der Waals surface area (Å²) in [6.45, 7) is 4.11. The molecule has 2 nitrogen and oxygen atoms in total. The fraction of sp³-hybridized carbons (Fsp3) is 0.400. The number of hydrogen-bond donors (Lipinski definition) is 0. The predicted molar refractivity (Wildman–Crippen MR) is 111 cm³/mol. The van der Waals surface area contributed by atoms with Gasteiger partial charge in [0.2, 0.25) is 0 Å². The molecule has 0 radical (unpaired) electrons. The molecule has 0 heterocycles. The average molecular weight is 413 g/mol. The van der Waals surface area contributed by atoms with Crippen LogP contribution in [0.3, 0.4) is 0 Å². The minimum atomic E-state index is -0.790. The molecule has 1 fully saturated rings. The van der Waals surface area contributed by atoms with E-state index in [0.717, 1.165) is 32.1 Å². The topological polar surface area (TPSA) is 33.0 Å². The molecule has 2 aromatic carbocycles. The molecule has 1 aliphatic carbocycles. The van der Waals surface area contributed by atoms with Gasteiger partial charge in [0.05, 0.1) is 6.61 Å². The zero-order valence-electron chi connectivity index (χ0n) is 17.0. The third-order valence-corrected chi connectivity index (χ3v) is 5.93. The van der Waals surface area contributed by atoms with Crippen molar-refractivity contribution in [3.8, 4) is 11.8 Å². The normalized spacial score (nSPS) is 18.6. The van der Waals surface area contributed by atoms with Crippen molar-refractivity contribution in [1.29, 1.82) is 5.26 Å². The van der Waals surface area contributed by atoms with Crippen molar-refractivity contribution in [1.82, 2.24) is 0 Å². The first-order valence-corrected chi connectivity index (χ1v) is 10.4. The Bertz CT molecular complexity index is 903. The van der Waals surface area contributed by atoms with Crippen LogP contribution in [0.4, 0.5) is 13.2 Å². The molecule has 0 spiro atoms. The third-order valence-electron chi connectivity index (χ3n) is 5.93. The molecule has 2 aromatic rings. The minimum Gasteiger partial charge on any atom is -0.493 e. The Morgan fingerprint density at radius 3 is 2.33 bits per heavy atom. The summed E-state index contributed by atoms with van der Waals surface area (Å²) in [5.41, 5.74) is 0.788. The number of nitriles is 1. The molecule has 0 N–H and O–H groups in total. The molecule has 5 heteroatoms. The SMILES string of the molecule is C=CCCOc1ccc(CCC2CCC(c3cc(F)c(C#N)c(F)c3)CC2)c(F)c1. The maximum Gasteiger partial charge on any atom is 0.144 e. The fourth-order valence-electron chi connectivity index (χ4n) is 4.16. The van der Waals surface area contributed by atoms with Crippen LogP contribution in [0.25, 0.3) is 0 Å². The van der Waals surface area contributed by atoms with Crippen molar-refractivity contribution >= 4 is 0 Å². The van der Waals surface area contributed by atoms with E-state index in [2.05, 4.69) is 6.58 Å². The van der Waals surface area contributed by atoms with Crippen LogP contribution in [0.5, 0.6) is 5.75 Å². The van der Waals surface area contributed by atoms with Gasteiger partial charge < -0.3 is 4.74 Å². The number of rotatable bonds is 8. The van der Waals surface area contributed by atoms with Gasteiger partial charge >= 0.3 is 0 Å². The summed E-state index contributed by atoms with van der Waals surface area (Å²) >= 11 is 0. The number of benzene rings is 2. The van der Waals surface area contributed by atoms with Gasteiger partial charge in [0, 0.05) is 6.07 Å². The van der Waals surface area contributed by atoms with Gasteiger partial charge in [-0.1, -0.05) is 12.1 Å². The van der Waals surface area contributed by atoms with E-state index in [-0.39, 0.29) is 11.7 Å². The largest absolute Gasteiger partial charge is 0.493 e. The minimum absolute atomic E-state index is 0.0988. The Balaban J connectivity index is 1.51. The molecular weight excluding hydrogens is 387 g/mol. The van der Waals surface area contributed by atoms with Crippen molar-refractivity contribution in [2.45, 2.75) is 50.9 Å². The van der Waals surface area contributed by atoms with E-state index >= 15 is 0 Å². The van der Waals surface area contributed by atoms with E-state index in [9.17, 15) is 13.2 Å². The second-order valence-corrected chi connectivity index (χ2v) is 7.91. The molecule has 0 saturated heterocycles. The van der Waals surface area contributed by atoms with Gasteiger partial charge in [-0.25, -0.2) is 13.2 Å². The second-order valence-electron chi connectivity index (χ2n) is 7.91. The van der Waals surface area contributed by atoms with Crippen LogP contribution < -0.4 is 4.74 Å². The molecule has 1 saturated carbocycles. The smallest absolute Gasteiger partial charge is 0.144 e. The lowest BCUT2D eigenvalue weighted by Crippen LogP contribution is -2.15. The molecule has 0 aliphatic heterocycles. The van der Waals surface area contributed by atoms with Crippen LogP contribution in [0, 0.1) is 34.7 Å². The van der Waals surface area contributed by atoms with Gasteiger partial charge in [-0.3, -0.25) is 0 Å². The van der Waals surface area contributed by atoms with E-state index in [4.69, 9.17) is 10.00 Å². The predicted octanol–water partition coefficient (Wildman–Crippen LogP) is 6.84. The van der Waals surface area contributed by atoms with Gasteiger partial charge in [-0.15, -0.1) is 6.58 Å². The summed E-state index contributed by atoms with van der Waals surface area (Å²) in [6, 6.07) is 9.16. The fourth-order valence-corrected chi connectivity index (χ4v) is 4.16. The van der Waals surface area contributed by atoms with E-state index in [1.54, 1.807) is 24.3 Å². The van der Waals surface area contributed by atoms with E-state index < -0.39 is 17.2 Å². The van der Waals surface area contributed by atoms with Crippen LogP contribution in [-0.4, -0.2) is 6.61 Å². The zero-order chi connectivity index (χ0) is 21.5. The number of ether oxygens (including phenoxy) is 1. The van der Waals surface area contributed by atoms with Crippen LogP contribution in [0.1, 0.15) is 61.1 Å². The van der Waals surface area contributed by atoms with Crippen molar-refractivity contribution in [3.05, 3.63) is 77.1 Å². The molecule has 30 heavy (non-hydrogen) atoms. The van der Waals surface area contributed by atoms with Crippen molar-refractivity contribution in [3.63, 3.8) is 0 Å². The van der Waals surface area contributed by atoms with E-state index in [1.165, 1.54) is 18.2 Å². The monoisotopic (exact) mass is 413 g/mol. The molecule has 0 unspecified atom stereocenters. The first-order valence-electron chi connectivity index (χ1n) is 10.4. The molecule has 1 aliphatic rings. The summed E-state index contributed by atoms with van der Waals surface area (Å²) < 4.78 is 47.6. The van der Waals surface area contributed by atoms with Gasteiger partial charge in [0.25, 0.3) is 0 Å². The lowest BCUT2D eigenvalue weighted by molar-refractivity contribution is 0.308. The van der Waals surface area contributed by atoms with Crippen LogP contribution in [-0.2, 0) is 6.42 Å².